The van der Waals surface area contributed by atoms with Crippen LogP contribution in [0, 0.1) is 5.41 Å². The van der Waals surface area contributed by atoms with Gasteiger partial charge in [0, 0.05) is 33.5 Å². The van der Waals surface area contributed by atoms with Gasteiger partial charge in [-0.25, -0.2) is 0 Å². The van der Waals surface area contributed by atoms with E-state index in [-0.39, 0.29) is 19.8 Å². The summed E-state index contributed by atoms with van der Waals surface area (Å²) in [6.45, 7) is 4.53. The average molecular weight is 322 g/mol. The molecular formula is C15H30O7. The number of carboxylic acid groups (broad SMARTS) is 1. The van der Waals surface area contributed by atoms with Crippen molar-refractivity contribution < 1.29 is 34.0 Å². The van der Waals surface area contributed by atoms with Crippen LogP contribution in [0.1, 0.15) is 26.2 Å². The number of aliphatic hydroxyl groups is 1. The van der Waals surface area contributed by atoms with E-state index in [1.807, 2.05) is 6.92 Å². The van der Waals surface area contributed by atoms with Crippen LogP contribution in [0.5, 0.6) is 0 Å². The van der Waals surface area contributed by atoms with E-state index in [9.17, 15) is 9.90 Å². The molecule has 1 unspecified atom stereocenters. The number of aliphatic carboxylic acids is 1. The fourth-order valence-electron chi connectivity index (χ4n) is 2.05. The first-order valence-corrected chi connectivity index (χ1v) is 7.69. The smallest absolute Gasteiger partial charge is 0.309 e. The summed E-state index contributed by atoms with van der Waals surface area (Å²) in [5, 5.41) is 18.4. The second kappa shape index (κ2) is 13.9. The number of carbonyl (C=O) groups is 1. The van der Waals surface area contributed by atoms with Gasteiger partial charge in [-0.05, 0) is 26.2 Å². The maximum Gasteiger partial charge on any atom is 0.309 e. The van der Waals surface area contributed by atoms with Gasteiger partial charge in [0.15, 0.2) is 0 Å². The third-order valence-corrected chi connectivity index (χ3v) is 3.50. The third-order valence-electron chi connectivity index (χ3n) is 3.50. The van der Waals surface area contributed by atoms with Gasteiger partial charge in [-0.15, -0.1) is 0 Å². The van der Waals surface area contributed by atoms with Gasteiger partial charge in [-0.2, -0.15) is 0 Å². The summed E-state index contributed by atoms with van der Waals surface area (Å²) in [7, 11) is 1.59. The summed E-state index contributed by atoms with van der Waals surface area (Å²) in [5.74, 6) is -0.866. The number of aliphatic hydroxyl groups excluding tert-OH is 1. The van der Waals surface area contributed by atoms with Crippen LogP contribution >= 0.6 is 0 Å². The van der Waals surface area contributed by atoms with Crippen molar-refractivity contribution in [2.24, 2.45) is 5.41 Å². The molecule has 132 valence electrons. The number of methoxy groups -OCH3 is 1. The van der Waals surface area contributed by atoms with Crippen molar-refractivity contribution in [1.82, 2.24) is 0 Å². The standard InChI is InChI=1S/C15H30O7/c1-3-20-8-4-15(14(17)18,5-9-21-11-7-16)6-10-22-13-12-19-2/h16H,3-13H2,1-2H3,(H,17,18). The molecule has 0 rings (SSSR count). The monoisotopic (exact) mass is 322 g/mol. The zero-order valence-electron chi connectivity index (χ0n) is 13.7. The molecule has 0 aliphatic heterocycles. The zero-order valence-corrected chi connectivity index (χ0v) is 13.7. The number of hydrogen-bond acceptors (Lipinski definition) is 6. The summed E-state index contributed by atoms with van der Waals surface area (Å²) in [6.07, 6.45) is 1.16. The Bertz CT molecular complexity index is 273. The van der Waals surface area contributed by atoms with Gasteiger partial charge in [0.25, 0.3) is 0 Å². The van der Waals surface area contributed by atoms with Crippen molar-refractivity contribution in [3.05, 3.63) is 0 Å². The Balaban J connectivity index is 4.47. The van der Waals surface area contributed by atoms with Gasteiger partial charge < -0.3 is 29.2 Å². The molecule has 0 radical (unpaired) electrons. The van der Waals surface area contributed by atoms with E-state index < -0.39 is 11.4 Å². The zero-order chi connectivity index (χ0) is 16.7. The Kier molecular flexibility index (Phi) is 13.4. The minimum atomic E-state index is -0.933. The molecule has 0 saturated carbocycles. The number of rotatable bonds is 16. The van der Waals surface area contributed by atoms with Crippen LogP contribution in [0.2, 0.25) is 0 Å². The predicted octanol–water partition coefficient (Wildman–Crippen LogP) is 0.936. The lowest BCUT2D eigenvalue weighted by atomic mass is 9.78. The molecule has 0 aromatic carbocycles. The molecule has 0 aliphatic carbocycles. The lowest BCUT2D eigenvalue weighted by molar-refractivity contribution is -0.153. The van der Waals surface area contributed by atoms with E-state index in [1.165, 1.54) is 0 Å². The number of ether oxygens (including phenoxy) is 4. The molecule has 1 atom stereocenters. The van der Waals surface area contributed by atoms with E-state index in [4.69, 9.17) is 24.1 Å². The molecule has 0 bridgehead atoms. The van der Waals surface area contributed by atoms with Gasteiger partial charge in [0.2, 0.25) is 0 Å². The average Bonchev–Trinajstić information content (AvgIpc) is 2.50. The minimum absolute atomic E-state index is 0.0703. The molecule has 0 aliphatic rings. The fraction of sp³-hybridized carbons (Fsp3) is 0.933. The molecule has 0 heterocycles. The lowest BCUT2D eigenvalue weighted by Crippen LogP contribution is -2.35. The van der Waals surface area contributed by atoms with Crippen LogP contribution in [0.25, 0.3) is 0 Å². The highest BCUT2D eigenvalue weighted by Crippen LogP contribution is 2.32. The number of carboxylic acids is 1. The molecule has 0 fully saturated rings. The van der Waals surface area contributed by atoms with Gasteiger partial charge in [0.1, 0.15) is 0 Å². The molecule has 0 saturated heterocycles. The molecule has 2 N–H and O–H groups in total. The maximum absolute atomic E-state index is 11.8. The van der Waals surface area contributed by atoms with Crippen molar-refractivity contribution in [1.29, 1.82) is 0 Å². The molecule has 0 amide bonds. The van der Waals surface area contributed by atoms with Crippen LogP contribution in [-0.2, 0) is 23.7 Å². The third kappa shape index (κ3) is 9.32. The van der Waals surface area contributed by atoms with Crippen LogP contribution in [0.4, 0.5) is 0 Å². The highest BCUT2D eigenvalue weighted by Gasteiger charge is 2.37. The SMILES string of the molecule is CCOCCC(CCOCCO)(CCOCCOC)C(=O)O. The second-order valence-electron chi connectivity index (χ2n) is 4.97. The van der Waals surface area contributed by atoms with Crippen molar-refractivity contribution in [3.8, 4) is 0 Å². The molecule has 22 heavy (non-hydrogen) atoms. The van der Waals surface area contributed by atoms with Gasteiger partial charge >= 0.3 is 5.97 Å². The molecule has 0 aromatic heterocycles. The van der Waals surface area contributed by atoms with Crippen LogP contribution in [0.15, 0.2) is 0 Å². The Hall–Kier alpha value is -0.730. The first kappa shape index (κ1) is 21.3. The molecule has 7 nitrogen and oxygen atoms in total. The summed E-state index contributed by atoms with van der Waals surface area (Å²) < 4.78 is 20.8. The van der Waals surface area contributed by atoms with Gasteiger partial charge in [-0.1, -0.05) is 0 Å². The van der Waals surface area contributed by atoms with E-state index in [2.05, 4.69) is 0 Å². The van der Waals surface area contributed by atoms with Crippen molar-refractivity contribution in [2.75, 3.05) is 60.0 Å². The van der Waals surface area contributed by atoms with E-state index in [0.717, 1.165) is 0 Å². The van der Waals surface area contributed by atoms with Crippen LogP contribution < -0.4 is 0 Å². The van der Waals surface area contributed by atoms with Crippen molar-refractivity contribution >= 4 is 5.97 Å². The van der Waals surface area contributed by atoms with Crippen molar-refractivity contribution in [3.63, 3.8) is 0 Å². The largest absolute Gasteiger partial charge is 0.481 e. The molecule has 7 heteroatoms. The minimum Gasteiger partial charge on any atom is -0.481 e. The Labute approximate surface area is 132 Å². The number of hydrogen-bond donors (Lipinski definition) is 2. The fourth-order valence-corrected chi connectivity index (χ4v) is 2.05. The van der Waals surface area contributed by atoms with Crippen LogP contribution in [0.3, 0.4) is 0 Å². The summed E-state index contributed by atoms with van der Waals surface area (Å²) >= 11 is 0. The van der Waals surface area contributed by atoms with Gasteiger partial charge in [-0.3, -0.25) is 4.79 Å². The maximum atomic E-state index is 11.8. The topological polar surface area (TPSA) is 94.5 Å². The summed E-state index contributed by atoms with van der Waals surface area (Å²) in [4.78, 5) is 11.8. The summed E-state index contributed by atoms with van der Waals surface area (Å²) in [5.41, 5.74) is -0.933. The molecule has 0 aromatic rings. The highest BCUT2D eigenvalue weighted by molar-refractivity contribution is 5.74. The lowest BCUT2D eigenvalue weighted by Gasteiger charge is -2.29. The quantitative estimate of drug-likeness (QED) is 0.408. The van der Waals surface area contributed by atoms with Crippen LogP contribution in [-0.4, -0.2) is 76.1 Å². The van der Waals surface area contributed by atoms with E-state index in [1.54, 1.807) is 7.11 Å². The molecular weight excluding hydrogens is 292 g/mol. The first-order valence-electron chi connectivity index (χ1n) is 7.69. The van der Waals surface area contributed by atoms with Gasteiger partial charge in [0.05, 0.1) is 31.8 Å². The Morgan fingerprint density at radius 3 is 1.91 bits per heavy atom. The molecule has 0 spiro atoms. The Morgan fingerprint density at radius 1 is 0.909 bits per heavy atom. The summed E-state index contributed by atoms with van der Waals surface area (Å²) in [6, 6.07) is 0. The highest BCUT2D eigenvalue weighted by atomic mass is 16.5. The second-order valence-corrected chi connectivity index (χ2v) is 4.97. The first-order chi connectivity index (χ1) is 10.6. The van der Waals surface area contributed by atoms with E-state index in [0.29, 0.717) is 52.3 Å². The van der Waals surface area contributed by atoms with E-state index >= 15 is 0 Å². The Morgan fingerprint density at radius 2 is 1.45 bits per heavy atom. The normalized spacial score (nSPS) is 14.0. The predicted molar refractivity (Wildman–Crippen MR) is 81.0 cm³/mol. The van der Waals surface area contributed by atoms with Crippen molar-refractivity contribution in [2.45, 2.75) is 26.2 Å².